The van der Waals surface area contributed by atoms with Crippen LogP contribution in [0.5, 0.6) is 0 Å². The molecule has 15 heavy (non-hydrogen) atoms. The molecule has 1 N–H and O–H groups in total. The fourth-order valence-corrected chi connectivity index (χ4v) is 3.54. The highest BCUT2D eigenvalue weighted by atomic mass is 32.2. The summed E-state index contributed by atoms with van der Waals surface area (Å²) in [6, 6.07) is -0.0836. The number of nitrogens with zero attached hydrogens (tertiary/aromatic N) is 1. The van der Waals surface area contributed by atoms with E-state index in [9.17, 15) is 14.7 Å². The van der Waals surface area contributed by atoms with Crippen LogP contribution in [0.4, 0.5) is 0 Å². The summed E-state index contributed by atoms with van der Waals surface area (Å²) in [6.07, 6.45) is 1.20. The number of aliphatic carboxylic acids is 1. The molecular formula is C10H17NO3S. The van der Waals surface area contributed by atoms with Gasteiger partial charge in [0, 0.05) is 11.3 Å². The first-order valence-corrected chi connectivity index (χ1v) is 6.10. The minimum atomic E-state index is -1.01. The van der Waals surface area contributed by atoms with Crippen molar-refractivity contribution in [2.75, 3.05) is 5.75 Å². The van der Waals surface area contributed by atoms with E-state index in [2.05, 4.69) is 0 Å². The topological polar surface area (TPSA) is 57.6 Å². The van der Waals surface area contributed by atoms with Gasteiger partial charge in [0.15, 0.2) is 5.54 Å². The second kappa shape index (κ2) is 4.43. The molecule has 1 aliphatic rings. The highest BCUT2D eigenvalue weighted by molar-refractivity contribution is 8.00. The van der Waals surface area contributed by atoms with E-state index < -0.39 is 11.5 Å². The average Bonchev–Trinajstić information content (AvgIpc) is 2.49. The summed E-state index contributed by atoms with van der Waals surface area (Å²) < 4.78 is 0. The zero-order valence-corrected chi connectivity index (χ0v) is 10.1. The number of carboxylic acids is 1. The fourth-order valence-electron chi connectivity index (χ4n) is 2.14. The highest BCUT2D eigenvalue weighted by Crippen LogP contribution is 2.40. The van der Waals surface area contributed by atoms with Crippen LogP contribution in [-0.4, -0.2) is 45.0 Å². The Hall–Kier alpha value is -0.710. The molecule has 1 heterocycles. The van der Waals surface area contributed by atoms with Crippen LogP contribution in [0.25, 0.3) is 0 Å². The largest absolute Gasteiger partial charge is 0.479 e. The van der Waals surface area contributed by atoms with Crippen molar-refractivity contribution in [1.29, 1.82) is 0 Å². The van der Waals surface area contributed by atoms with Crippen molar-refractivity contribution >= 4 is 24.1 Å². The van der Waals surface area contributed by atoms with Gasteiger partial charge in [-0.1, -0.05) is 6.92 Å². The van der Waals surface area contributed by atoms with Gasteiger partial charge >= 0.3 is 5.97 Å². The summed E-state index contributed by atoms with van der Waals surface area (Å²) in [5.41, 5.74) is -1.01. The zero-order chi connectivity index (χ0) is 11.6. The summed E-state index contributed by atoms with van der Waals surface area (Å²) in [5, 5.41) is 9.32. The zero-order valence-electron chi connectivity index (χ0n) is 9.27. The van der Waals surface area contributed by atoms with Crippen LogP contribution >= 0.6 is 11.8 Å². The van der Waals surface area contributed by atoms with E-state index in [1.54, 1.807) is 11.8 Å². The van der Waals surface area contributed by atoms with Crippen molar-refractivity contribution in [2.45, 2.75) is 44.0 Å². The Balaban J connectivity index is 3.10. The van der Waals surface area contributed by atoms with Gasteiger partial charge in [-0.2, -0.15) is 11.8 Å². The number of amides is 1. The lowest BCUT2D eigenvalue weighted by atomic mass is 9.90. The highest BCUT2D eigenvalue weighted by Gasteiger charge is 2.52. The second-order valence-corrected chi connectivity index (χ2v) is 5.55. The Morgan fingerprint density at radius 2 is 2.27 bits per heavy atom. The van der Waals surface area contributed by atoms with Gasteiger partial charge in [-0.15, -0.1) is 0 Å². The van der Waals surface area contributed by atoms with Crippen molar-refractivity contribution in [3.05, 3.63) is 0 Å². The fraction of sp³-hybridized carbons (Fsp3) is 0.800. The third-order valence-electron chi connectivity index (χ3n) is 3.02. The molecule has 2 unspecified atom stereocenters. The van der Waals surface area contributed by atoms with E-state index in [4.69, 9.17) is 0 Å². The van der Waals surface area contributed by atoms with E-state index in [1.807, 2.05) is 20.8 Å². The van der Waals surface area contributed by atoms with Gasteiger partial charge in [-0.3, -0.25) is 4.79 Å². The van der Waals surface area contributed by atoms with Crippen molar-refractivity contribution in [1.82, 2.24) is 4.90 Å². The summed E-state index contributed by atoms with van der Waals surface area (Å²) >= 11 is 1.61. The van der Waals surface area contributed by atoms with Gasteiger partial charge < -0.3 is 10.0 Å². The van der Waals surface area contributed by atoms with Gasteiger partial charge in [0.05, 0.1) is 0 Å². The van der Waals surface area contributed by atoms with Crippen LogP contribution in [0.1, 0.15) is 27.2 Å². The van der Waals surface area contributed by atoms with Crippen LogP contribution in [0.15, 0.2) is 0 Å². The summed E-state index contributed by atoms with van der Waals surface area (Å²) in [7, 11) is 0. The number of carboxylic acid groups (broad SMARTS) is 1. The molecule has 86 valence electrons. The molecule has 0 aromatic rings. The molecule has 5 heteroatoms. The van der Waals surface area contributed by atoms with E-state index in [0.717, 1.165) is 5.75 Å². The quantitative estimate of drug-likeness (QED) is 0.739. The van der Waals surface area contributed by atoms with E-state index in [-0.39, 0.29) is 11.3 Å². The molecule has 1 amide bonds. The number of hydrogen-bond acceptors (Lipinski definition) is 3. The molecule has 4 nitrogen and oxygen atoms in total. The molecule has 0 aromatic carbocycles. The minimum Gasteiger partial charge on any atom is -0.479 e. The third-order valence-corrected chi connectivity index (χ3v) is 4.35. The average molecular weight is 231 g/mol. The number of thioether (sulfide) groups is 1. The van der Waals surface area contributed by atoms with Gasteiger partial charge in [0.1, 0.15) is 0 Å². The lowest BCUT2D eigenvalue weighted by Gasteiger charge is -2.40. The first kappa shape index (κ1) is 12.4. The van der Waals surface area contributed by atoms with Crippen LogP contribution in [0, 0.1) is 0 Å². The SMILES string of the molecule is CC(C)N(C=O)C1(C(=O)O)CCSC1C. The maximum atomic E-state index is 11.4. The molecule has 1 saturated heterocycles. The molecule has 0 saturated carbocycles. The Morgan fingerprint density at radius 1 is 1.67 bits per heavy atom. The number of carbonyl (C=O) groups excluding carboxylic acids is 1. The molecule has 0 bridgehead atoms. The maximum absolute atomic E-state index is 11.4. The van der Waals surface area contributed by atoms with Gasteiger partial charge in [0.25, 0.3) is 0 Å². The van der Waals surface area contributed by atoms with Crippen LogP contribution < -0.4 is 0 Å². The molecule has 2 atom stereocenters. The molecule has 0 aliphatic carbocycles. The summed E-state index contributed by atoms with van der Waals surface area (Å²) in [6.45, 7) is 5.56. The predicted molar refractivity (Wildman–Crippen MR) is 59.9 cm³/mol. The van der Waals surface area contributed by atoms with E-state index in [0.29, 0.717) is 12.8 Å². The Morgan fingerprint density at radius 3 is 2.53 bits per heavy atom. The Labute approximate surface area is 94.0 Å². The molecule has 0 aromatic heterocycles. The standard InChI is InChI=1S/C10H17NO3S/c1-7(2)11(6-12)10(9(13)14)4-5-15-8(10)3/h6-8H,4-5H2,1-3H3,(H,13,14). The van der Waals surface area contributed by atoms with Crippen LogP contribution in [0.2, 0.25) is 0 Å². The van der Waals surface area contributed by atoms with Crippen molar-refractivity contribution in [2.24, 2.45) is 0 Å². The minimum absolute atomic E-state index is 0.0531. The Bertz CT molecular complexity index is 269. The van der Waals surface area contributed by atoms with Gasteiger partial charge in [-0.25, -0.2) is 4.79 Å². The molecular weight excluding hydrogens is 214 g/mol. The first-order chi connectivity index (χ1) is 6.96. The lowest BCUT2D eigenvalue weighted by molar-refractivity contribution is -0.156. The van der Waals surface area contributed by atoms with Gasteiger partial charge in [-0.05, 0) is 26.0 Å². The normalized spacial score (nSPS) is 30.5. The van der Waals surface area contributed by atoms with E-state index >= 15 is 0 Å². The van der Waals surface area contributed by atoms with Crippen molar-refractivity contribution < 1.29 is 14.7 Å². The molecule has 1 rings (SSSR count). The van der Waals surface area contributed by atoms with Crippen LogP contribution in [-0.2, 0) is 9.59 Å². The smallest absolute Gasteiger partial charge is 0.330 e. The number of hydrogen-bond donors (Lipinski definition) is 1. The second-order valence-electron chi connectivity index (χ2n) is 4.10. The molecule has 0 spiro atoms. The predicted octanol–water partition coefficient (Wildman–Crippen LogP) is 1.20. The van der Waals surface area contributed by atoms with Crippen molar-refractivity contribution in [3.8, 4) is 0 Å². The summed E-state index contributed by atoms with van der Waals surface area (Å²) in [4.78, 5) is 23.9. The monoisotopic (exact) mass is 231 g/mol. The first-order valence-electron chi connectivity index (χ1n) is 5.05. The number of rotatable bonds is 4. The van der Waals surface area contributed by atoms with E-state index in [1.165, 1.54) is 4.90 Å². The van der Waals surface area contributed by atoms with Crippen molar-refractivity contribution in [3.63, 3.8) is 0 Å². The molecule has 0 radical (unpaired) electrons. The Kier molecular flexibility index (Phi) is 3.65. The molecule has 1 fully saturated rings. The molecule has 1 aliphatic heterocycles. The van der Waals surface area contributed by atoms with Gasteiger partial charge in [0.2, 0.25) is 6.41 Å². The maximum Gasteiger partial charge on any atom is 0.330 e. The number of carbonyl (C=O) groups is 2. The van der Waals surface area contributed by atoms with Crippen LogP contribution in [0.3, 0.4) is 0 Å². The third kappa shape index (κ3) is 1.85. The lowest BCUT2D eigenvalue weighted by Crippen LogP contribution is -2.60. The summed E-state index contributed by atoms with van der Waals surface area (Å²) in [5.74, 6) is -0.0920.